The molecule has 6 heteroatoms. The van der Waals surface area contributed by atoms with Gasteiger partial charge in [-0.1, -0.05) is 6.07 Å². The molecule has 2 N–H and O–H groups in total. The summed E-state index contributed by atoms with van der Waals surface area (Å²) in [6, 6.07) is 3.36. The van der Waals surface area contributed by atoms with Gasteiger partial charge in [-0.25, -0.2) is 9.78 Å². The first-order valence-corrected chi connectivity index (χ1v) is 6.02. The van der Waals surface area contributed by atoms with E-state index < -0.39 is 5.97 Å². The van der Waals surface area contributed by atoms with E-state index in [0.717, 1.165) is 5.56 Å². The van der Waals surface area contributed by atoms with Crippen molar-refractivity contribution in [2.45, 2.75) is 13.8 Å². The second-order valence-corrected chi connectivity index (χ2v) is 4.65. The van der Waals surface area contributed by atoms with E-state index in [1.165, 1.54) is 18.6 Å². The standard InChI is InChI=1S/C14H15N3O3/c1-8-4-9(2)12(10(5-8)14(19)20)16-13(18)11-6-15-7-17(11)3/h4-7H,1-3H3,(H,16,18)(H,19,20). The lowest BCUT2D eigenvalue weighted by molar-refractivity contribution is 0.0698. The van der Waals surface area contributed by atoms with Crippen LogP contribution in [0.1, 0.15) is 32.0 Å². The monoisotopic (exact) mass is 273 g/mol. The van der Waals surface area contributed by atoms with Crippen molar-refractivity contribution in [1.29, 1.82) is 0 Å². The third-order valence-corrected chi connectivity index (χ3v) is 3.00. The molecule has 2 aromatic rings. The van der Waals surface area contributed by atoms with Gasteiger partial charge in [-0.2, -0.15) is 0 Å². The van der Waals surface area contributed by atoms with Gasteiger partial charge in [0.15, 0.2) is 0 Å². The van der Waals surface area contributed by atoms with E-state index in [1.54, 1.807) is 18.5 Å². The number of aromatic nitrogens is 2. The summed E-state index contributed by atoms with van der Waals surface area (Å²) in [5, 5.41) is 11.9. The third-order valence-electron chi connectivity index (χ3n) is 3.00. The summed E-state index contributed by atoms with van der Waals surface area (Å²) in [7, 11) is 1.70. The second kappa shape index (κ2) is 5.16. The average molecular weight is 273 g/mol. The summed E-state index contributed by atoms with van der Waals surface area (Å²) in [6.45, 7) is 3.57. The molecule has 0 saturated heterocycles. The Morgan fingerprint density at radius 3 is 2.55 bits per heavy atom. The molecule has 0 bridgehead atoms. The number of benzene rings is 1. The molecule has 1 heterocycles. The van der Waals surface area contributed by atoms with Crippen LogP contribution in [0.25, 0.3) is 0 Å². The molecule has 0 aliphatic carbocycles. The first kappa shape index (κ1) is 13.8. The maximum absolute atomic E-state index is 12.1. The molecule has 0 radical (unpaired) electrons. The fourth-order valence-corrected chi connectivity index (χ4v) is 2.06. The smallest absolute Gasteiger partial charge is 0.337 e. The number of imidazole rings is 1. The quantitative estimate of drug-likeness (QED) is 0.895. The number of carboxylic acids is 1. The molecule has 1 aromatic carbocycles. The maximum Gasteiger partial charge on any atom is 0.337 e. The Balaban J connectivity index is 2.41. The zero-order valence-corrected chi connectivity index (χ0v) is 11.5. The fraction of sp³-hybridized carbons (Fsp3) is 0.214. The van der Waals surface area contributed by atoms with Crippen molar-refractivity contribution in [2.75, 3.05) is 5.32 Å². The minimum Gasteiger partial charge on any atom is -0.478 e. The van der Waals surface area contributed by atoms with Crippen molar-refractivity contribution in [1.82, 2.24) is 9.55 Å². The number of rotatable bonds is 3. The SMILES string of the molecule is Cc1cc(C)c(NC(=O)c2cncn2C)c(C(=O)O)c1. The van der Waals surface area contributed by atoms with Crippen LogP contribution in [-0.4, -0.2) is 26.5 Å². The van der Waals surface area contributed by atoms with Crippen LogP contribution in [-0.2, 0) is 7.05 Å². The van der Waals surface area contributed by atoms with Crippen LogP contribution in [0.3, 0.4) is 0 Å². The Labute approximate surface area is 116 Å². The Hall–Kier alpha value is -2.63. The van der Waals surface area contributed by atoms with Crippen LogP contribution < -0.4 is 5.32 Å². The maximum atomic E-state index is 12.1. The van der Waals surface area contributed by atoms with E-state index in [4.69, 9.17) is 0 Å². The minimum atomic E-state index is -1.07. The van der Waals surface area contributed by atoms with Crippen molar-refractivity contribution in [2.24, 2.45) is 7.05 Å². The minimum absolute atomic E-state index is 0.0815. The van der Waals surface area contributed by atoms with Crippen molar-refractivity contribution < 1.29 is 14.7 Å². The Morgan fingerprint density at radius 2 is 2.00 bits per heavy atom. The predicted molar refractivity (Wildman–Crippen MR) is 74.0 cm³/mol. The molecule has 20 heavy (non-hydrogen) atoms. The number of carbonyl (C=O) groups excluding carboxylic acids is 1. The summed E-state index contributed by atoms with van der Waals surface area (Å²) < 4.78 is 1.57. The van der Waals surface area contributed by atoms with Crippen molar-refractivity contribution in [3.63, 3.8) is 0 Å². The lowest BCUT2D eigenvalue weighted by Gasteiger charge is -2.13. The summed E-state index contributed by atoms with van der Waals surface area (Å²) in [6.07, 6.45) is 2.94. The fourth-order valence-electron chi connectivity index (χ4n) is 2.06. The number of anilines is 1. The van der Waals surface area contributed by atoms with E-state index in [2.05, 4.69) is 10.3 Å². The molecule has 2 rings (SSSR count). The average Bonchev–Trinajstić information content (AvgIpc) is 2.78. The van der Waals surface area contributed by atoms with Crippen molar-refractivity contribution >= 4 is 17.6 Å². The molecule has 0 saturated carbocycles. The molecular formula is C14H15N3O3. The number of aromatic carboxylic acids is 1. The molecule has 0 aliphatic heterocycles. The molecule has 1 aromatic heterocycles. The largest absolute Gasteiger partial charge is 0.478 e. The Morgan fingerprint density at radius 1 is 1.30 bits per heavy atom. The van der Waals surface area contributed by atoms with Gasteiger partial charge in [0, 0.05) is 7.05 Å². The van der Waals surface area contributed by atoms with E-state index in [1.807, 2.05) is 13.0 Å². The van der Waals surface area contributed by atoms with Crippen LogP contribution in [0.2, 0.25) is 0 Å². The van der Waals surface area contributed by atoms with Gasteiger partial charge >= 0.3 is 5.97 Å². The van der Waals surface area contributed by atoms with Gasteiger partial charge in [0.25, 0.3) is 5.91 Å². The molecule has 6 nitrogen and oxygen atoms in total. The van der Waals surface area contributed by atoms with Crippen LogP contribution in [0.4, 0.5) is 5.69 Å². The zero-order valence-electron chi connectivity index (χ0n) is 11.5. The number of nitrogens with zero attached hydrogens (tertiary/aromatic N) is 2. The number of nitrogens with one attached hydrogen (secondary N) is 1. The topological polar surface area (TPSA) is 84.2 Å². The zero-order chi connectivity index (χ0) is 14.9. The van der Waals surface area contributed by atoms with Crippen molar-refractivity contribution in [3.05, 3.63) is 47.0 Å². The van der Waals surface area contributed by atoms with Crippen LogP contribution in [0.5, 0.6) is 0 Å². The molecule has 0 aliphatic rings. The van der Waals surface area contributed by atoms with Gasteiger partial charge < -0.3 is 15.0 Å². The second-order valence-electron chi connectivity index (χ2n) is 4.65. The van der Waals surface area contributed by atoms with E-state index in [9.17, 15) is 14.7 Å². The van der Waals surface area contributed by atoms with E-state index in [-0.39, 0.29) is 11.5 Å². The van der Waals surface area contributed by atoms with Gasteiger partial charge in [-0.3, -0.25) is 4.79 Å². The molecular weight excluding hydrogens is 258 g/mol. The van der Waals surface area contributed by atoms with Gasteiger partial charge in [-0.15, -0.1) is 0 Å². The van der Waals surface area contributed by atoms with Gasteiger partial charge in [0.05, 0.1) is 23.8 Å². The predicted octanol–water partition coefficient (Wildman–Crippen LogP) is 1.99. The summed E-state index contributed by atoms with van der Waals surface area (Å²) in [4.78, 5) is 27.3. The van der Waals surface area contributed by atoms with Gasteiger partial charge in [0.1, 0.15) is 5.69 Å². The Kier molecular flexibility index (Phi) is 3.56. The van der Waals surface area contributed by atoms with Crippen LogP contribution >= 0.6 is 0 Å². The highest BCUT2D eigenvalue weighted by Crippen LogP contribution is 2.23. The van der Waals surface area contributed by atoms with Crippen molar-refractivity contribution in [3.8, 4) is 0 Å². The van der Waals surface area contributed by atoms with Crippen LogP contribution in [0, 0.1) is 13.8 Å². The first-order chi connectivity index (χ1) is 9.40. The van der Waals surface area contributed by atoms with Gasteiger partial charge in [-0.05, 0) is 31.0 Å². The molecule has 104 valence electrons. The lowest BCUT2D eigenvalue weighted by Crippen LogP contribution is -2.18. The third kappa shape index (κ3) is 2.54. The lowest BCUT2D eigenvalue weighted by atomic mass is 10.0. The van der Waals surface area contributed by atoms with Gasteiger partial charge in [0.2, 0.25) is 0 Å². The number of hydrogen-bond donors (Lipinski definition) is 2. The Bertz CT molecular complexity index is 689. The normalized spacial score (nSPS) is 10.3. The number of aryl methyl sites for hydroxylation is 3. The molecule has 0 unspecified atom stereocenters. The molecule has 1 amide bonds. The first-order valence-electron chi connectivity index (χ1n) is 6.02. The van der Waals surface area contributed by atoms with Crippen LogP contribution in [0.15, 0.2) is 24.7 Å². The summed E-state index contributed by atoms with van der Waals surface area (Å²) >= 11 is 0. The number of carbonyl (C=O) groups is 2. The highest BCUT2D eigenvalue weighted by atomic mass is 16.4. The van der Waals surface area contributed by atoms with E-state index in [0.29, 0.717) is 16.9 Å². The number of carboxylic acid groups (broad SMARTS) is 1. The molecule has 0 fully saturated rings. The summed E-state index contributed by atoms with van der Waals surface area (Å²) in [5.41, 5.74) is 2.30. The number of amides is 1. The number of hydrogen-bond acceptors (Lipinski definition) is 3. The molecule has 0 spiro atoms. The van der Waals surface area contributed by atoms with E-state index >= 15 is 0 Å². The molecule has 0 atom stereocenters. The highest BCUT2D eigenvalue weighted by molar-refractivity contribution is 6.07. The summed E-state index contributed by atoms with van der Waals surface area (Å²) in [5.74, 6) is -1.46. The highest BCUT2D eigenvalue weighted by Gasteiger charge is 2.17.